The van der Waals surface area contributed by atoms with Gasteiger partial charge < -0.3 is 32.6 Å². The van der Waals surface area contributed by atoms with E-state index in [0.29, 0.717) is 36.1 Å². The smallest absolute Gasteiger partial charge is 0.306 e. The van der Waals surface area contributed by atoms with E-state index in [-0.39, 0.29) is 26.1 Å². The summed E-state index contributed by atoms with van der Waals surface area (Å²) in [7, 11) is 1.11. The predicted molar refractivity (Wildman–Crippen MR) is 221 cm³/mol. The van der Waals surface area contributed by atoms with Crippen molar-refractivity contribution >= 4 is 19.8 Å². The molecule has 0 aromatic rings. The maximum absolute atomic E-state index is 12.7. The Morgan fingerprint density at radius 1 is 0.691 bits per heavy atom. The average Bonchev–Trinajstić information content (AvgIpc) is 3.89. The van der Waals surface area contributed by atoms with Crippen molar-refractivity contribution in [3.05, 3.63) is 60.8 Å². The summed E-state index contributed by atoms with van der Waals surface area (Å²) in [5.74, 6) is -0.913. The standard InChI is InChI=1S/C44H76NO9P/c1-6-8-10-12-14-15-16-17-18-19-20-21-22-26-30-34-43(46)50-38-40(39-52-55(48,49)51-37-36-45(3,4)5)53-44(47)35-31-27-23-25-29-33-42-41(54-42)32-28-24-13-11-9-7-2/h8,10,14-15,17-18,20-21,24,28,40-42H,6-7,9,11-13,16,19,22-23,25-27,29-39H2,1-5H3/b10-8-,15-14-,18-17-,21-20-,28-24-/t40-,41?,42?/m1/s1. The zero-order valence-electron chi connectivity index (χ0n) is 35.0. The molecule has 1 saturated heterocycles. The number of nitrogens with zero attached hydrogens (tertiary/aromatic N) is 1. The van der Waals surface area contributed by atoms with Crippen molar-refractivity contribution in [2.24, 2.45) is 0 Å². The fourth-order valence-corrected chi connectivity index (χ4v) is 6.26. The fraction of sp³-hybridized carbons (Fsp3) is 0.727. The Balaban J connectivity index is 2.35. The van der Waals surface area contributed by atoms with Crippen LogP contribution in [0.25, 0.3) is 0 Å². The summed E-state index contributed by atoms with van der Waals surface area (Å²) in [4.78, 5) is 37.5. The van der Waals surface area contributed by atoms with Crippen molar-refractivity contribution in [1.82, 2.24) is 0 Å². The topological polar surface area (TPSA) is 124 Å². The normalized spacial score (nSPS) is 17.9. The van der Waals surface area contributed by atoms with Crippen LogP contribution in [-0.2, 0) is 37.4 Å². The Morgan fingerprint density at radius 2 is 1.27 bits per heavy atom. The number of unbranched alkanes of at least 4 members (excludes halogenated alkanes) is 9. The molecule has 1 heterocycles. The van der Waals surface area contributed by atoms with E-state index in [4.69, 9.17) is 23.3 Å². The first kappa shape index (κ1) is 50.7. The molecule has 0 radical (unpaired) electrons. The lowest BCUT2D eigenvalue weighted by molar-refractivity contribution is -0.870. The molecule has 0 aromatic carbocycles. The molecule has 4 atom stereocenters. The summed E-state index contributed by atoms with van der Waals surface area (Å²) in [5.41, 5.74) is 0. The molecule has 1 fully saturated rings. The molecule has 0 aliphatic carbocycles. The van der Waals surface area contributed by atoms with Gasteiger partial charge in [-0.15, -0.1) is 0 Å². The Labute approximate surface area is 334 Å². The summed E-state index contributed by atoms with van der Waals surface area (Å²) >= 11 is 0. The molecule has 55 heavy (non-hydrogen) atoms. The molecule has 10 nitrogen and oxygen atoms in total. The van der Waals surface area contributed by atoms with Crippen LogP contribution in [-0.4, -0.2) is 82.2 Å². The van der Waals surface area contributed by atoms with Crippen LogP contribution in [0.4, 0.5) is 0 Å². The summed E-state index contributed by atoms with van der Waals surface area (Å²) < 4.78 is 39.6. The number of epoxide rings is 1. The molecule has 3 unspecified atom stereocenters. The lowest BCUT2D eigenvalue weighted by Crippen LogP contribution is -2.37. The molecule has 1 rings (SSSR count). The molecular weight excluding hydrogens is 717 g/mol. The van der Waals surface area contributed by atoms with Gasteiger partial charge in [-0.05, 0) is 77.0 Å². The minimum absolute atomic E-state index is 0.0462. The van der Waals surface area contributed by atoms with Crippen LogP contribution >= 0.6 is 7.82 Å². The third kappa shape index (κ3) is 33.5. The van der Waals surface area contributed by atoms with E-state index in [9.17, 15) is 19.0 Å². The Bertz CT molecular complexity index is 1190. The number of ether oxygens (including phenoxy) is 3. The molecule has 1 aliphatic heterocycles. The number of carbonyl (C=O) groups excluding carboxylic acids is 2. The van der Waals surface area contributed by atoms with E-state index in [1.165, 1.54) is 19.3 Å². The lowest BCUT2D eigenvalue weighted by Gasteiger charge is -2.28. The van der Waals surface area contributed by atoms with E-state index < -0.39 is 32.5 Å². The van der Waals surface area contributed by atoms with Crippen molar-refractivity contribution in [1.29, 1.82) is 0 Å². The summed E-state index contributed by atoms with van der Waals surface area (Å²) in [6.07, 6.45) is 39.8. The van der Waals surface area contributed by atoms with Crippen LogP contribution in [0, 0.1) is 0 Å². The zero-order chi connectivity index (χ0) is 40.5. The molecular formula is C44H76NO9P. The van der Waals surface area contributed by atoms with Crippen molar-refractivity contribution in [3.8, 4) is 0 Å². The second-order valence-electron chi connectivity index (χ2n) is 15.4. The molecule has 1 aliphatic rings. The number of quaternary nitrogens is 1. The van der Waals surface area contributed by atoms with E-state index in [2.05, 4.69) is 74.6 Å². The van der Waals surface area contributed by atoms with Crippen LogP contribution in [0.15, 0.2) is 60.8 Å². The Hall–Kier alpha value is -2.33. The first-order chi connectivity index (χ1) is 26.5. The maximum Gasteiger partial charge on any atom is 0.306 e. The van der Waals surface area contributed by atoms with Crippen molar-refractivity contribution in [3.63, 3.8) is 0 Å². The zero-order valence-corrected chi connectivity index (χ0v) is 35.9. The third-order valence-corrected chi connectivity index (χ3v) is 9.91. The highest BCUT2D eigenvalue weighted by Crippen LogP contribution is 2.38. The molecule has 0 saturated carbocycles. The number of esters is 2. The van der Waals surface area contributed by atoms with Gasteiger partial charge in [-0.1, -0.05) is 113 Å². The number of phosphoric acid groups is 1. The van der Waals surface area contributed by atoms with Crippen molar-refractivity contribution in [2.75, 3.05) is 47.5 Å². The van der Waals surface area contributed by atoms with Gasteiger partial charge in [-0.2, -0.15) is 0 Å². The summed E-state index contributed by atoms with van der Waals surface area (Å²) in [6.45, 7) is 3.98. The van der Waals surface area contributed by atoms with Crippen LogP contribution in [0.1, 0.15) is 142 Å². The van der Waals surface area contributed by atoms with E-state index >= 15 is 0 Å². The second-order valence-corrected chi connectivity index (χ2v) is 16.8. The second kappa shape index (κ2) is 32.7. The van der Waals surface area contributed by atoms with Gasteiger partial charge in [0.1, 0.15) is 19.8 Å². The van der Waals surface area contributed by atoms with Gasteiger partial charge in [0.15, 0.2) is 6.10 Å². The summed E-state index contributed by atoms with van der Waals surface area (Å²) in [6, 6.07) is 0. The average molecular weight is 794 g/mol. The van der Waals surface area contributed by atoms with Crippen LogP contribution in [0.3, 0.4) is 0 Å². The highest BCUT2D eigenvalue weighted by Gasteiger charge is 2.36. The van der Waals surface area contributed by atoms with Crippen LogP contribution in [0.5, 0.6) is 0 Å². The Morgan fingerprint density at radius 3 is 1.95 bits per heavy atom. The van der Waals surface area contributed by atoms with Gasteiger partial charge in [-0.25, -0.2) is 0 Å². The molecule has 0 amide bonds. The largest absolute Gasteiger partial charge is 0.756 e. The van der Waals surface area contributed by atoms with Gasteiger partial charge in [0.2, 0.25) is 0 Å². The van der Waals surface area contributed by atoms with Gasteiger partial charge >= 0.3 is 11.9 Å². The van der Waals surface area contributed by atoms with Gasteiger partial charge in [0, 0.05) is 12.8 Å². The van der Waals surface area contributed by atoms with Crippen LogP contribution in [0.2, 0.25) is 0 Å². The maximum atomic E-state index is 12.7. The number of rotatable bonds is 36. The predicted octanol–water partition coefficient (Wildman–Crippen LogP) is 10.0. The molecule has 0 bridgehead atoms. The third-order valence-electron chi connectivity index (χ3n) is 8.95. The molecule has 0 aromatic heterocycles. The van der Waals surface area contributed by atoms with E-state index in [1.807, 2.05) is 21.1 Å². The number of likely N-dealkylation sites (N-methyl/N-ethyl adjacent to an activating group) is 1. The quantitative estimate of drug-likeness (QED) is 0.0152. The molecule has 0 spiro atoms. The highest BCUT2D eigenvalue weighted by molar-refractivity contribution is 7.45. The molecule has 0 N–H and O–H groups in total. The van der Waals surface area contributed by atoms with Crippen molar-refractivity contribution in [2.45, 2.75) is 161 Å². The molecule has 11 heteroatoms. The number of hydrogen-bond acceptors (Lipinski definition) is 9. The van der Waals surface area contributed by atoms with Gasteiger partial charge in [0.05, 0.1) is 40.0 Å². The van der Waals surface area contributed by atoms with Crippen LogP contribution < -0.4 is 4.89 Å². The van der Waals surface area contributed by atoms with E-state index in [1.54, 1.807) is 0 Å². The van der Waals surface area contributed by atoms with Gasteiger partial charge in [-0.3, -0.25) is 14.2 Å². The number of allylic oxidation sites excluding steroid dienone is 9. The number of hydrogen-bond donors (Lipinski definition) is 0. The number of phosphoric ester groups is 1. The molecule has 316 valence electrons. The minimum Gasteiger partial charge on any atom is -0.756 e. The van der Waals surface area contributed by atoms with Gasteiger partial charge in [0.25, 0.3) is 7.82 Å². The lowest BCUT2D eigenvalue weighted by atomic mass is 10.1. The Kier molecular flexibility index (Phi) is 30.2. The van der Waals surface area contributed by atoms with E-state index in [0.717, 1.165) is 83.5 Å². The summed E-state index contributed by atoms with van der Waals surface area (Å²) in [5, 5.41) is 0. The highest BCUT2D eigenvalue weighted by atomic mass is 31.2. The first-order valence-corrected chi connectivity index (χ1v) is 22.6. The SMILES string of the molecule is CC/C=C\C/C=C\C/C=C\C/C=C\CCCCC(=O)OC[C@H](COP(=O)([O-])OCC[N+](C)(C)C)OC(=O)CCCCCCCC1OC1C/C=C\CCCCC. The fourth-order valence-electron chi connectivity index (χ4n) is 5.53. The van der Waals surface area contributed by atoms with Crippen molar-refractivity contribution < 1.29 is 46.8 Å². The monoisotopic (exact) mass is 794 g/mol. The minimum atomic E-state index is -4.64. The first-order valence-electron chi connectivity index (χ1n) is 21.1. The number of carbonyl (C=O) groups is 2.